The van der Waals surface area contributed by atoms with Crippen LogP contribution in [0.5, 0.6) is 11.5 Å². The zero-order chi connectivity index (χ0) is 10.6. The van der Waals surface area contributed by atoms with Crippen molar-refractivity contribution in [2.24, 2.45) is 5.73 Å². The fourth-order valence-corrected chi connectivity index (χ4v) is 1.39. The van der Waals surface area contributed by atoms with Crippen molar-refractivity contribution in [3.05, 3.63) is 23.3 Å². The predicted molar refractivity (Wildman–Crippen MR) is 56.8 cm³/mol. The largest absolute Gasteiger partial charge is 0.508 e. The number of rotatable bonds is 4. The summed E-state index contributed by atoms with van der Waals surface area (Å²) < 4.78 is 5.23. The Hall–Kier alpha value is -1.22. The van der Waals surface area contributed by atoms with Gasteiger partial charge >= 0.3 is 0 Å². The van der Waals surface area contributed by atoms with Crippen LogP contribution in [0.15, 0.2) is 12.1 Å². The maximum Gasteiger partial charge on any atom is 0.122 e. The van der Waals surface area contributed by atoms with Gasteiger partial charge in [-0.15, -0.1) is 0 Å². The number of aromatic hydroxyl groups is 1. The van der Waals surface area contributed by atoms with Gasteiger partial charge in [0.1, 0.15) is 11.5 Å². The fraction of sp³-hybridized carbons (Fsp3) is 0.455. The molecule has 0 saturated carbocycles. The van der Waals surface area contributed by atoms with E-state index in [1.807, 2.05) is 13.0 Å². The molecule has 0 spiro atoms. The lowest BCUT2D eigenvalue weighted by molar-refractivity contribution is 0.405. The zero-order valence-corrected chi connectivity index (χ0v) is 8.71. The molecule has 78 valence electrons. The van der Waals surface area contributed by atoms with Gasteiger partial charge in [-0.3, -0.25) is 0 Å². The summed E-state index contributed by atoms with van der Waals surface area (Å²) in [5.74, 6) is 1.14. The molecule has 1 rings (SSSR count). The molecule has 3 heteroatoms. The van der Waals surface area contributed by atoms with Gasteiger partial charge in [-0.2, -0.15) is 0 Å². The monoisotopic (exact) mass is 195 g/mol. The number of hydrogen-bond acceptors (Lipinski definition) is 3. The summed E-state index contributed by atoms with van der Waals surface area (Å²) in [5.41, 5.74) is 7.28. The quantitative estimate of drug-likeness (QED) is 0.767. The Kier molecular flexibility index (Phi) is 3.77. The van der Waals surface area contributed by atoms with Crippen LogP contribution in [0.4, 0.5) is 0 Å². The van der Waals surface area contributed by atoms with E-state index < -0.39 is 0 Å². The number of hydrogen-bond donors (Lipinski definition) is 2. The predicted octanol–water partition coefficient (Wildman–Crippen LogP) is 1.60. The molecule has 1 aromatic rings. The van der Waals surface area contributed by atoms with E-state index in [9.17, 15) is 5.11 Å². The first-order chi connectivity index (χ1) is 6.69. The van der Waals surface area contributed by atoms with Gasteiger partial charge in [0.2, 0.25) is 0 Å². The lowest BCUT2D eigenvalue weighted by Crippen LogP contribution is -2.01. The third-order valence-electron chi connectivity index (χ3n) is 2.25. The summed E-state index contributed by atoms with van der Waals surface area (Å²) in [6.07, 6.45) is 1.74. The van der Waals surface area contributed by atoms with Gasteiger partial charge in [0, 0.05) is 0 Å². The van der Waals surface area contributed by atoms with Crippen molar-refractivity contribution in [2.75, 3.05) is 13.7 Å². The molecule has 14 heavy (non-hydrogen) atoms. The molecule has 0 atom stereocenters. The maximum atomic E-state index is 9.53. The SMILES string of the molecule is COc1cc(C)c(O)cc1CCCN. The third-order valence-corrected chi connectivity index (χ3v) is 2.25. The summed E-state index contributed by atoms with van der Waals surface area (Å²) in [7, 11) is 1.64. The second kappa shape index (κ2) is 4.86. The van der Waals surface area contributed by atoms with Crippen molar-refractivity contribution in [2.45, 2.75) is 19.8 Å². The van der Waals surface area contributed by atoms with Crippen molar-refractivity contribution >= 4 is 0 Å². The van der Waals surface area contributed by atoms with E-state index in [1.165, 1.54) is 0 Å². The minimum Gasteiger partial charge on any atom is -0.508 e. The molecule has 0 radical (unpaired) electrons. The van der Waals surface area contributed by atoms with Crippen molar-refractivity contribution in [1.82, 2.24) is 0 Å². The van der Waals surface area contributed by atoms with E-state index in [2.05, 4.69) is 0 Å². The number of phenolic OH excluding ortho intramolecular Hbond substituents is 1. The van der Waals surface area contributed by atoms with Crippen molar-refractivity contribution in [1.29, 1.82) is 0 Å². The van der Waals surface area contributed by atoms with Gasteiger partial charge in [-0.25, -0.2) is 0 Å². The number of benzene rings is 1. The van der Waals surface area contributed by atoms with Crippen LogP contribution in [0.3, 0.4) is 0 Å². The fourth-order valence-electron chi connectivity index (χ4n) is 1.39. The van der Waals surface area contributed by atoms with Gasteiger partial charge in [-0.1, -0.05) is 0 Å². The number of phenols is 1. The lowest BCUT2D eigenvalue weighted by Gasteiger charge is -2.10. The van der Waals surface area contributed by atoms with Crippen LogP contribution in [0.2, 0.25) is 0 Å². The molecule has 3 N–H and O–H groups in total. The molecule has 0 unspecified atom stereocenters. The average Bonchev–Trinajstić information content (AvgIpc) is 2.19. The van der Waals surface area contributed by atoms with Crippen LogP contribution in [-0.2, 0) is 6.42 Å². The molecule has 0 bridgehead atoms. The first-order valence-corrected chi connectivity index (χ1v) is 4.75. The number of methoxy groups -OCH3 is 1. The first-order valence-electron chi connectivity index (χ1n) is 4.75. The van der Waals surface area contributed by atoms with E-state index >= 15 is 0 Å². The molecule has 0 aliphatic heterocycles. The van der Waals surface area contributed by atoms with Gasteiger partial charge in [0.25, 0.3) is 0 Å². The van der Waals surface area contributed by atoms with E-state index in [1.54, 1.807) is 13.2 Å². The molecule has 0 amide bonds. The smallest absolute Gasteiger partial charge is 0.122 e. The molecule has 0 aliphatic rings. The first kappa shape index (κ1) is 10.9. The molecule has 0 aliphatic carbocycles. The van der Waals surface area contributed by atoms with Crippen molar-refractivity contribution < 1.29 is 9.84 Å². The normalized spacial score (nSPS) is 10.2. The van der Waals surface area contributed by atoms with Crippen LogP contribution < -0.4 is 10.5 Å². The highest BCUT2D eigenvalue weighted by Crippen LogP contribution is 2.28. The van der Waals surface area contributed by atoms with Crippen LogP contribution in [0.1, 0.15) is 17.5 Å². The highest BCUT2D eigenvalue weighted by Gasteiger charge is 2.06. The Labute approximate surface area is 84.5 Å². The highest BCUT2D eigenvalue weighted by molar-refractivity contribution is 5.45. The summed E-state index contributed by atoms with van der Waals surface area (Å²) in [6.45, 7) is 2.50. The standard InChI is InChI=1S/C11H17NO2/c1-8-6-11(14-2)9(4-3-5-12)7-10(8)13/h6-7,13H,3-5,12H2,1-2H3. The van der Waals surface area contributed by atoms with Gasteiger partial charge < -0.3 is 15.6 Å². The third kappa shape index (κ3) is 2.39. The summed E-state index contributed by atoms with van der Waals surface area (Å²) in [5, 5.41) is 9.53. The summed E-state index contributed by atoms with van der Waals surface area (Å²) in [4.78, 5) is 0. The van der Waals surface area contributed by atoms with Crippen molar-refractivity contribution in [3.8, 4) is 11.5 Å². The minimum atomic E-state index is 0.317. The van der Waals surface area contributed by atoms with E-state index in [0.717, 1.165) is 29.7 Å². The second-order valence-electron chi connectivity index (χ2n) is 3.34. The van der Waals surface area contributed by atoms with Gasteiger partial charge in [-0.05, 0) is 49.6 Å². The van der Waals surface area contributed by atoms with Gasteiger partial charge in [0.05, 0.1) is 7.11 Å². The molecular weight excluding hydrogens is 178 g/mol. The second-order valence-corrected chi connectivity index (χ2v) is 3.34. The maximum absolute atomic E-state index is 9.53. The number of ether oxygens (including phenoxy) is 1. The molecule has 3 nitrogen and oxygen atoms in total. The topological polar surface area (TPSA) is 55.5 Å². The molecular formula is C11H17NO2. The molecule has 0 fully saturated rings. The Morgan fingerprint density at radius 1 is 1.43 bits per heavy atom. The van der Waals surface area contributed by atoms with E-state index in [4.69, 9.17) is 10.5 Å². The molecule has 0 heterocycles. The molecule has 0 aromatic heterocycles. The van der Waals surface area contributed by atoms with E-state index in [-0.39, 0.29) is 0 Å². The minimum absolute atomic E-state index is 0.317. The van der Waals surface area contributed by atoms with Crippen molar-refractivity contribution in [3.63, 3.8) is 0 Å². The Balaban J connectivity index is 2.95. The number of aryl methyl sites for hydroxylation is 2. The van der Waals surface area contributed by atoms with Crippen LogP contribution >= 0.6 is 0 Å². The summed E-state index contributed by atoms with van der Waals surface area (Å²) in [6, 6.07) is 3.60. The van der Waals surface area contributed by atoms with Gasteiger partial charge in [0.15, 0.2) is 0 Å². The Bertz CT molecular complexity index is 310. The number of nitrogens with two attached hydrogens (primary N) is 1. The van der Waals surface area contributed by atoms with Crippen LogP contribution in [0.25, 0.3) is 0 Å². The van der Waals surface area contributed by atoms with Crippen LogP contribution in [0, 0.1) is 6.92 Å². The average molecular weight is 195 g/mol. The Morgan fingerprint density at radius 3 is 2.71 bits per heavy atom. The molecule has 0 saturated heterocycles. The Morgan fingerprint density at radius 2 is 2.14 bits per heavy atom. The van der Waals surface area contributed by atoms with E-state index in [0.29, 0.717) is 12.3 Å². The molecule has 1 aromatic carbocycles. The zero-order valence-electron chi connectivity index (χ0n) is 8.71. The lowest BCUT2D eigenvalue weighted by atomic mass is 10.1. The van der Waals surface area contributed by atoms with Crippen LogP contribution in [-0.4, -0.2) is 18.8 Å². The summed E-state index contributed by atoms with van der Waals surface area (Å²) >= 11 is 0. The highest BCUT2D eigenvalue weighted by atomic mass is 16.5.